The zero-order valence-electron chi connectivity index (χ0n) is 12.0. The second kappa shape index (κ2) is 8.31. The SMILES string of the molecule is COCc1ccc(CNCCN2CCCCC2)cc1. The molecule has 1 aliphatic rings. The minimum atomic E-state index is 0.697. The number of nitrogens with one attached hydrogen (secondary N) is 1. The predicted molar refractivity (Wildman–Crippen MR) is 79.2 cm³/mol. The number of ether oxygens (including phenoxy) is 1. The summed E-state index contributed by atoms with van der Waals surface area (Å²) in [7, 11) is 1.73. The number of methoxy groups -OCH3 is 1. The van der Waals surface area contributed by atoms with Crippen molar-refractivity contribution in [3.8, 4) is 0 Å². The van der Waals surface area contributed by atoms with Crippen LogP contribution in [0.5, 0.6) is 0 Å². The maximum atomic E-state index is 5.11. The van der Waals surface area contributed by atoms with Crippen LogP contribution in [0.25, 0.3) is 0 Å². The van der Waals surface area contributed by atoms with Gasteiger partial charge in [0.05, 0.1) is 6.61 Å². The topological polar surface area (TPSA) is 24.5 Å². The molecule has 0 saturated carbocycles. The molecule has 0 radical (unpaired) electrons. The first-order valence-electron chi connectivity index (χ1n) is 7.38. The minimum absolute atomic E-state index is 0.697. The van der Waals surface area contributed by atoms with Gasteiger partial charge in [0.1, 0.15) is 0 Å². The summed E-state index contributed by atoms with van der Waals surface area (Å²) in [5.74, 6) is 0. The third-order valence-corrected chi connectivity index (χ3v) is 3.72. The third-order valence-electron chi connectivity index (χ3n) is 3.72. The van der Waals surface area contributed by atoms with Crippen LogP contribution >= 0.6 is 0 Å². The monoisotopic (exact) mass is 262 g/mol. The van der Waals surface area contributed by atoms with Crippen LogP contribution in [-0.4, -0.2) is 38.2 Å². The van der Waals surface area contributed by atoms with Gasteiger partial charge in [-0.2, -0.15) is 0 Å². The summed E-state index contributed by atoms with van der Waals surface area (Å²) in [6.07, 6.45) is 4.17. The summed E-state index contributed by atoms with van der Waals surface area (Å²) in [5.41, 5.74) is 2.58. The van der Waals surface area contributed by atoms with Crippen molar-refractivity contribution in [3.05, 3.63) is 35.4 Å². The van der Waals surface area contributed by atoms with Crippen molar-refractivity contribution in [2.24, 2.45) is 0 Å². The van der Waals surface area contributed by atoms with E-state index >= 15 is 0 Å². The molecule has 0 spiro atoms. The van der Waals surface area contributed by atoms with Crippen molar-refractivity contribution in [1.29, 1.82) is 0 Å². The van der Waals surface area contributed by atoms with Gasteiger partial charge in [-0.25, -0.2) is 0 Å². The number of piperidine rings is 1. The molecule has 0 unspecified atom stereocenters. The largest absolute Gasteiger partial charge is 0.380 e. The lowest BCUT2D eigenvalue weighted by atomic mass is 10.1. The van der Waals surface area contributed by atoms with E-state index in [-0.39, 0.29) is 0 Å². The summed E-state index contributed by atoms with van der Waals surface area (Å²) in [6.45, 7) is 6.49. The average Bonchev–Trinajstić information content (AvgIpc) is 2.47. The fourth-order valence-corrected chi connectivity index (χ4v) is 2.57. The van der Waals surface area contributed by atoms with Gasteiger partial charge in [-0.3, -0.25) is 0 Å². The Hall–Kier alpha value is -0.900. The van der Waals surface area contributed by atoms with Gasteiger partial charge in [0.25, 0.3) is 0 Å². The fraction of sp³-hybridized carbons (Fsp3) is 0.625. The van der Waals surface area contributed by atoms with Crippen LogP contribution in [0.3, 0.4) is 0 Å². The van der Waals surface area contributed by atoms with Gasteiger partial charge in [-0.1, -0.05) is 30.7 Å². The summed E-state index contributed by atoms with van der Waals surface area (Å²) in [6, 6.07) is 8.65. The quantitative estimate of drug-likeness (QED) is 0.764. The standard InChI is InChI=1S/C16H26N2O/c1-19-14-16-7-5-15(6-8-16)13-17-9-12-18-10-3-2-4-11-18/h5-8,17H,2-4,9-14H2,1H3. The Balaban J connectivity index is 1.62. The normalized spacial score (nSPS) is 16.7. The number of rotatable bonds is 7. The number of likely N-dealkylation sites (tertiary alicyclic amines) is 1. The first-order valence-corrected chi connectivity index (χ1v) is 7.38. The lowest BCUT2D eigenvalue weighted by Crippen LogP contribution is -2.35. The van der Waals surface area contributed by atoms with Crippen LogP contribution in [0.2, 0.25) is 0 Å². The second-order valence-electron chi connectivity index (χ2n) is 5.33. The Kier molecular flexibility index (Phi) is 6.34. The molecule has 1 N–H and O–H groups in total. The van der Waals surface area contributed by atoms with E-state index in [2.05, 4.69) is 34.5 Å². The molecule has 1 heterocycles. The van der Waals surface area contributed by atoms with Crippen LogP contribution in [0, 0.1) is 0 Å². The van der Waals surface area contributed by atoms with Gasteiger partial charge >= 0.3 is 0 Å². The minimum Gasteiger partial charge on any atom is -0.380 e. The highest BCUT2D eigenvalue weighted by molar-refractivity contribution is 5.21. The lowest BCUT2D eigenvalue weighted by Gasteiger charge is -2.26. The molecule has 3 nitrogen and oxygen atoms in total. The van der Waals surface area contributed by atoms with Crippen molar-refractivity contribution < 1.29 is 4.74 Å². The van der Waals surface area contributed by atoms with E-state index < -0.39 is 0 Å². The van der Waals surface area contributed by atoms with E-state index in [1.54, 1.807) is 7.11 Å². The van der Waals surface area contributed by atoms with E-state index in [1.807, 2.05) is 0 Å². The van der Waals surface area contributed by atoms with E-state index in [9.17, 15) is 0 Å². The highest BCUT2D eigenvalue weighted by atomic mass is 16.5. The molecule has 106 valence electrons. The Labute approximate surface area is 116 Å². The van der Waals surface area contributed by atoms with Gasteiger partial charge in [-0.05, 0) is 37.1 Å². The van der Waals surface area contributed by atoms with Gasteiger partial charge in [0.2, 0.25) is 0 Å². The van der Waals surface area contributed by atoms with Crippen LogP contribution in [0.4, 0.5) is 0 Å². The van der Waals surface area contributed by atoms with E-state index in [4.69, 9.17) is 4.74 Å². The molecule has 0 amide bonds. The molecule has 1 fully saturated rings. The molecular weight excluding hydrogens is 236 g/mol. The van der Waals surface area contributed by atoms with E-state index in [1.165, 1.54) is 50.0 Å². The molecule has 1 aromatic carbocycles. The molecule has 0 aliphatic carbocycles. The number of benzene rings is 1. The summed E-state index contributed by atoms with van der Waals surface area (Å²) < 4.78 is 5.11. The van der Waals surface area contributed by atoms with Gasteiger partial charge in [0, 0.05) is 26.7 Å². The van der Waals surface area contributed by atoms with Crippen molar-refractivity contribution >= 4 is 0 Å². The van der Waals surface area contributed by atoms with Gasteiger partial charge in [0.15, 0.2) is 0 Å². The molecule has 0 atom stereocenters. The summed E-state index contributed by atoms with van der Waals surface area (Å²) >= 11 is 0. The number of nitrogens with zero attached hydrogens (tertiary/aromatic N) is 1. The maximum Gasteiger partial charge on any atom is 0.0713 e. The van der Waals surface area contributed by atoms with Crippen molar-refractivity contribution in [2.45, 2.75) is 32.4 Å². The van der Waals surface area contributed by atoms with E-state index in [0.717, 1.165) is 13.1 Å². The Bertz CT molecular complexity index is 344. The zero-order chi connectivity index (χ0) is 13.3. The molecule has 1 aromatic rings. The molecule has 0 bridgehead atoms. The highest BCUT2D eigenvalue weighted by Gasteiger charge is 2.08. The second-order valence-corrected chi connectivity index (χ2v) is 5.33. The fourth-order valence-electron chi connectivity index (χ4n) is 2.57. The molecule has 19 heavy (non-hydrogen) atoms. The lowest BCUT2D eigenvalue weighted by molar-refractivity contribution is 0.185. The first kappa shape index (κ1) is 14.5. The van der Waals surface area contributed by atoms with E-state index in [0.29, 0.717) is 6.61 Å². The van der Waals surface area contributed by atoms with Crippen molar-refractivity contribution in [3.63, 3.8) is 0 Å². The highest BCUT2D eigenvalue weighted by Crippen LogP contribution is 2.08. The Morgan fingerprint density at radius 1 is 1.05 bits per heavy atom. The van der Waals surface area contributed by atoms with Gasteiger partial charge < -0.3 is 15.0 Å². The maximum absolute atomic E-state index is 5.11. The summed E-state index contributed by atoms with van der Waals surface area (Å²) in [4.78, 5) is 2.57. The Morgan fingerprint density at radius 3 is 2.42 bits per heavy atom. The molecule has 1 aliphatic heterocycles. The zero-order valence-corrected chi connectivity index (χ0v) is 12.0. The van der Waals surface area contributed by atoms with Crippen LogP contribution in [-0.2, 0) is 17.9 Å². The molecular formula is C16H26N2O. The number of hydrogen-bond donors (Lipinski definition) is 1. The number of hydrogen-bond acceptors (Lipinski definition) is 3. The van der Waals surface area contributed by atoms with Crippen LogP contribution < -0.4 is 5.32 Å². The summed E-state index contributed by atoms with van der Waals surface area (Å²) in [5, 5.41) is 3.53. The van der Waals surface area contributed by atoms with Crippen LogP contribution in [0.15, 0.2) is 24.3 Å². The Morgan fingerprint density at radius 2 is 1.74 bits per heavy atom. The predicted octanol–water partition coefficient (Wildman–Crippen LogP) is 2.41. The molecule has 0 aromatic heterocycles. The van der Waals surface area contributed by atoms with Crippen molar-refractivity contribution in [2.75, 3.05) is 33.3 Å². The van der Waals surface area contributed by atoms with Crippen LogP contribution in [0.1, 0.15) is 30.4 Å². The molecule has 3 heteroatoms. The molecule has 1 saturated heterocycles. The van der Waals surface area contributed by atoms with Gasteiger partial charge in [-0.15, -0.1) is 0 Å². The first-order chi connectivity index (χ1) is 9.38. The average molecular weight is 262 g/mol. The molecule has 2 rings (SSSR count). The van der Waals surface area contributed by atoms with Crippen molar-refractivity contribution in [1.82, 2.24) is 10.2 Å². The smallest absolute Gasteiger partial charge is 0.0713 e. The third kappa shape index (κ3) is 5.31.